The van der Waals surface area contributed by atoms with Crippen LogP contribution in [0.5, 0.6) is 11.5 Å². The van der Waals surface area contributed by atoms with E-state index in [-0.39, 0.29) is 17.7 Å². The molecule has 1 aromatic carbocycles. The molecule has 1 amide bonds. The van der Waals surface area contributed by atoms with Crippen LogP contribution in [0.2, 0.25) is 0 Å². The maximum Gasteiger partial charge on any atom is 0.307 e. The lowest BCUT2D eigenvalue weighted by atomic mass is 9.62. The summed E-state index contributed by atoms with van der Waals surface area (Å²) in [5, 5.41) is 12.6. The van der Waals surface area contributed by atoms with Crippen LogP contribution in [-0.4, -0.2) is 31.2 Å². The largest absolute Gasteiger partial charge is 0.495 e. The van der Waals surface area contributed by atoms with Gasteiger partial charge in [0.1, 0.15) is 11.5 Å². The van der Waals surface area contributed by atoms with Crippen molar-refractivity contribution >= 4 is 33.5 Å². The monoisotopic (exact) mass is 421 g/mol. The second-order valence-electron chi connectivity index (χ2n) is 7.17. The average molecular weight is 422 g/mol. The predicted molar refractivity (Wildman–Crippen MR) is 98.2 cm³/mol. The third-order valence-corrected chi connectivity index (χ3v) is 6.59. The summed E-state index contributed by atoms with van der Waals surface area (Å²) in [7, 11) is 3.06. The summed E-state index contributed by atoms with van der Waals surface area (Å²) in [5.41, 5.74) is 0.472. The van der Waals surface area contributed by atoms with Crippen LogP contribution in [0.3, 0.4) is 0 Å². The minimum absolute atomic E-state index is 0.00515. The van der Waals surface area contributed by atoms with Crippen LogP contribution in [-0.2, 0) is 9.59 Å². The fourth-order valence-electron chi connectivity index (χ4n) is 4.74. The molecular weight excluding hydrogens is 402 g/mol. The summed E-state index contributed by atoms with van der Waals surface area (Å²) in [4.78, 5) is 25.0. The zero-order valence-corrected chi connectivity index (χ0v) is 16.0. The number of benzene rings is 1. The number of carbonyl (C=O) groups is 2. The molecular formula is C19H20BrNO5. The number of carboxylic acids is 1. The average Bonchev–Trinajstić information content (AvgIpc) is 3.44. The lowest BCUT2D eigenvalue weighted by molar-refractivity contribution is -0.152. The van der Waals surface area contributed by atoms with Crippen molar-refractivity contribution in [1.82, 2.24) is 0 Å². The lowest BCUT2D eigenvalue weighted by Gasteiger charge is -2.41. The Morgan fingerprint density at radius 3 is 2.27 bits per heavy atom. The Kier molecular flexibility index (Phi) is 4.22. The smallest absolute Gasteiger partial charge is 0.307 e. The summed E-state index contributed by atoms with van der Waals surface area (Å²) >= 11 is 3.39. The predicted octanol–water partition coefficient (Wildman–Crippen LogP) is 3.17. The van der Waals surface area contributed by atoms with Crippen LogP contribution in [0.25, 0.3) is 0 Å². The molecule has 138 valence electrons. The highest BCUT2D eigenvalue weighted by atomic mass is 79.9. The van der Waals surface area contributed by atoms with E-state index in [2.05, 4.69) is 21.2 Å². The molecule has 0 aromatic heterocycles. The molecule has 2 bridgehead atoms. The van der Waals surface area contributed by atoms with Gasteiger partial charge in [-0.2, -0.15) is 0 Å². The van der Waals surface area contributed by atoms with E-state index in [9.17, 15) is 14.7 Å². The van der Waals surface area contributed by atoms with Gasteiger partial charge >= 0.3 is 5.97 Å². The number of nitrogens with one attached hydrogen (secondary N) is 1. The van der Waals surface area contributed by atoms with Gasteiger partial charge < -0.3 is 19.9 Å². The van der Waals surface area contributed by atoms with Gasteiger partial charge in [-0.3, -0.25) is 9.59 Å². The Morgan fingerprint density at radius 1 is 1.08 bits per heavy atom. The van der Waals surface area contributed by atoms with Gasteiger partial charge in [-0.1, -0.05) is 12.2 Å². The standard InChI is InChI=1S/C19H20BrNO5/c1-25-14-7-13(15(26-2)6-12(14)20)21-18(22)16-8-3-4-9(11-5-10(8)11)17(16)19(23)24/h3-4,6-11,16-17H,5H2,1-2H3,(H,21,22)(H,23,24)/t8-,9-,10+,11-,16+,17+/m0/s1. The van der Waals surface area contributed by atoms with E-state index in [0.717, 1.165) is 6.42 Å². The van der Waals surface area contributed by atoms with Gasteiger partial charge in [0, 0.05) is 12.1 Å². The number of allylic oxidation sites excluding steroid dienone is 2. The summed E-state index contributed by atoms with van der Waals surface area (Å²) in [6.07, 6.45) is 5.07. The lowest BCUT2D eigenvalue weighted by Crippen LogP contribution is -2.48. The number of halogens is 1. The molecule has 7 heteroatoms. The Morgan fingerprint density at radius 2 is 1.69 bits per heavy atom. The summed E-state index contributed by atoms with van der Waals surface area (Å²) in [6, 6.07) is 3.39. The minimum atomic E-state index is -0.893. The van der Waals surface area contributed by atoms with Gasteiger partial charge in [0.2, 0.25) is 5.91 Å². The number of amides is 1. The van der Waals surface area contributed by atoms with Crippen LogP contribution in [0, 0.1) is 35.5 Å². The van der Waals surface area contributed by atoms with Crippen LogP contribution >= 0.6 is 15.9 Å². The first-order valence-corrected chi connectivity index (χ1v) is 9.39. The molecule has 0 saturated heterocycles. The van der Waals surface area contributed by atoms with Crippen LogP contribution in [0.1, 0.15) is 6.42 Å². The molecule has 2 N–H and O–H groups in total. The normalized spacial score (nSPS) is 33.3. The number of aliphatic carboxylic acids is 1. The number of hydrogen-bond donors (Lipinski definition) is 2. The zero-order chi connectivity index (χ0) is 18.6. The molecule has 2 saturated carbocycles. The molecule has 5 rings (SSSR count). The summed E-state index contributed by atoms with van der Waals surface area (Å²) in [6.45, 7) is 0. The van der Waals surface area contributed by atoms with Crippen molar-refractivity contribution < 1.29 is 24.2 Å². The first kappa shape index (κ1) is 17.4. The molecule has 4 aliphatic carbocycles. The van der Waals surface area contributed by atoms with Crippen molar-refractivity contribution in [2.75, 3.05) is 19.5 Å². The van der Waals surface area contributed by atoms with Crippen molar-refractivity contribution in [2.45, 2.75) is 6.42 Å². The van der Waals surface area contributed by atoms with Crippen LogP contribution in [0.4, 0.5) is 5.69 Å². The van der Waals surface area contributed by atoms with Gasteiger partial charge in [0.05, 0.1) is 36.2 Å². The van der Waals surface area contributed by atoms with E-state index >= 15 is 0 Å². The molecule has 6 atom stereocenters. The Balaban J connectivity index is 1.64. The fourth-order valence-corrected chi connectivity index (χ4v) is 5.23. The second kappa shape index (κ2) is 6.30. The molecule has 1 aromatic rings. The van der Waals surface area contributed by atoms with Crippen molar-refractivity contribution in [1.29, 1.82) is 0 Å². The highest BCUT2D eigenvalue weighted by Gasteiger charge is 2.63. The van der Waals surface area contributed by atoms with E-state index in [1.54, 1.807) is 12.1 Å². The van der Waals surface area contributed by atoms with Crippen LogP contribution < -0.4 is 14.8 Å². The van der Waals surface area contributed by atoms with E-state index in [1.807, 2.05) is 12.2 Å². The Hall–Kier alpha value is -2.02. The molecule has 26 heavy (non-hydrogen) atoms. The molecule has 0 unspecified atom stereocenters. The maximum atomic E-state index is 13.1. The molecule has 6 nitrogen and oxygen atoms in total. The van der Waals surface area contributed by atoms with E-state index in [4.69, 9.17) is 9.47 Å². The number of rotatable bonds is 5. The third kappa shape index (κ3) is 2.60. The number of ether oxygens (including phenoxy) is 2. The first-order chi connectivity index (χ1) is 12.5. The topological polar surface area (TPSA) is 84.9 Å². The quantitative estimate of drug-likeness (QED) is 0.713. The molecule has 0 radical (unpaired) electrons. The maximum absolute atomic E-state index is 13.1. The van der Waals surface area contributed by atoms with Gasteiger partial charge in [-0.25, -0.2) is 0 Å². The fraction of sp³-hybridized carbons (Fsp3) is 0.474. The SMILES string of the molecule is COc1cc(NC(=O)[C@@H]2[C@H]3C=C[C@@H]([C@@H]4C[C@H]34)[C@H]2C(=O)O)c(OC)cc1Br. The summed E-state index contributed by atoms with van der Waals surface area (Å²) < 4.78 is 11.3. The molecule has 0 aliphatic heterocycles. The van der Waals surface area contributed by atoms with E-state index < -0.39 is 17.8 Å². The number of methoxy groups -OCH3 is 2. The number of anilines is 1. The molecule has 0 heterocycles. The van der Waals surface area contributed by atoms with Crippen molar-refractivity contribution in [3.63, 3.8) is 0 Å². The molecule has 2 fully saturated rings. The molecule has 4 aliphatic rings. The van der Waals surface area contributed by atoms with Gasteiger partial charge in [-0.05, 0) is 46.0 Å². The van der Waals surface area contributed by atoms with E-state index in [0.29, 0.717) is 33.5 Å². The van der Waals surface area contributed by atoms with E-state index in [1.165, 1.54) is 14.2 Å². The number of fused-ring (bicyclic) bond motifs is 1. The highest BCUT2D eigenvalue weighted by Crippen LogP contribution is 2.63. The molecule has 0 spiro atoms. The highest BCUT2D eigenvalue weighted by molar-refractivity contribution is 9.10. The Labute approximate surface area is 159 Å². The van der Waals surface area contributed by atoms with Crippen molar-refractivity contribution in [3.05, 3.63) is 28.8 Å². The number of hydrogen-bond acceptors (Lipinski definition) is 4. The van der Waals surface area contributed by atoms with Gasteiger partial charge in [0.25, 0.3) is 0 Å². The minimum Gasteiger partial charge on any atom is -0.495 e. The van der Waals surface area contributed by atoms with Gasteiger partial charge in [0.15, 0.2) is 0 Å². The zero-order valence-electron chi connectivity index (χ0n) is 14.4. The number of carbonyl (C=O) groups excluding carboxylic acids is 1. The number of carboxylic acid groups (broad SMARTS) is 1. The van der Waals surface area contributed by atoms with Gasteiger partial charge in [-0.15, -0.1) is 0 Å². The van der Waals surface area contributed by atoms with Crippen LogP contribution in [0.15, 0.2) is 28.8 Å². The summed E-state index contributed by atoms with van der Waals surface area (Å²) in [5.74, 6) is -0.534. The Bertz CT molecular complexity index is 807. The second-order valence-corrected chi connectivity index (χ2v) is 8.02. The van der Waals surface area contributed by atoms with Crippen molar-refractivity contribution in [3.8, 4) is 11.5 Å². The van der Waals surface area contributed by atoms with Crippen molar-refractivity contribution in [2.24, 2.45) is 35.5 Å². The third-order valence-electron chi connectivity index (χ3n) is 5.97. The first-order valence-electron chi connectivity index (χ1n) is 8.59.